The fourth-order valence-electron chi connectivity index (χ4n) is 2.24. The molecule has 2 unspecified atom stereocenters. The molecule has 0 aromatic heterocycles. The average Bonchev–Trinajstić information content (AvgIpc) is 2.74. The summed E-state index contributed by atoms with van der Waals surface area (Å²) in [7, 11) is 0. The number of hydrogen-bond donors (Lipinski definition) is 2. The fraction of sp³-hybridized carbons (Fsp3) is 0.692. The number of carboxylic acids is 1. The molecule has 2 N–H and O–H groups in total. The molecular weight excluding hydrogens is 232 g/mol. The van der Waals surface area contributed by atoms with Crippen LogP contribution in [0.2, 0.25) is 0 Å². The van der Waals surface area contributed by atoms with Crippen LogP contribution in [0.4, 0.5) is 4.79 Å². The van der Waals surface area contributed by atoms with Crippen LogP contribution < -0.4 is 5.32 Å². The zero-order chi connectivity index (χ0) is 13.9. The Morgan fingerprint density at radius 1 is 1.44 bits per heavy atom. The minimum Gasteiger partial charge on any atom is -0.481 e. The maximum atomic E-state index is 11.9. The number of carbonyl (C=O) groups excluding carboxylic acids is 1. The highest BCUT2D eigenvalue weighted by Crippen LogP contribution is 2.38. The van der Waals surface area contributed by atoms with Crippen LogP contribution in [0.3, 0.4) is 0 Å². The van der Waals surface area contributed by atoms with E-state index in [0.717, 1.165) is 0 Å². The first-order valence-corrected chi connectivity index (χ1v) is 6.25. The van der Waals surface area contributed by atoms with Crippen molar-refractivity contribution in [1.29, 1.82) is 0 Å². The Balaban J connectivity index is 2.72. The van der Waals surface area contributed by atoms with Gasteiger partial charge in [0.05, 0.1) is 5.41 Å². The Kier molecular flexibility index (Phi) is 4.38. The fourth-order valence-corrected chi connectivity index (χ4v) is 2.24. The van der Waals surface area contributed by atoms with Gasteiger partial charge in [-0.25, -0.2) is 4.79 Å². The molecule has 1 heterocycles. The molecule has 0 aliphatic carbocycles. The second-order valence-electron chi connectivity index (χ2n) is 5.26. The number of nitrogens with one attached hydrogen (secondary N) is 1. The van der Waals surface area contributed by atoms with E-state index in [4.69, 9.17) is 0 Å². The van der Waals surface area contributed by atoms with Crippen molar-refractivity contribution >= 4 is 12.0 Å². The number of carboxylic acid groups (broad SMARTS) is 1. The van der Waals surface area contributed by atoms with Crippen LogP contribution in [0.1, 0.15) is 27.2 Å². The van der Waals surface area contributed by atoms with Crippen LogP contribution in [0.5, 0.6) is 0 Å². The summed E-state index contributed by atoms with van der Waals surface area (Å²) >= 11 is 0. The molecule has 0 aromatic carbocycles. The Bertz CT molecular complexity index is 354. The van der Waals surface area contributed by atoms with E-state index in [-0.39, 0.29) is 24.5 Å². The lowest BCUT2D eigenvalue weighted by atomic mass is 9.76. The summed E-state index contributed by atoms with van der Waals surface area (Å²) in [5.41, 5.74) is -0.811. The molecule has 102 valence electrons. The van der Waals surface area contributed by atoms with Crippen LogP contribution >= 0.6 is 0 Å². The second-order valence-corrected chi connectivity index (χ2v) is 5.26. The molecule has 5 nitrogen and oxygen atoms in total. The van der Waals surface area contributed by atoms with Gasteiger partial charge in [0.25, 0.3) is 0 Å². The van der Waals surface area contributed by atoms with Crippen LogP contribution in [-0.2, 0) is 4.79 Å². The van der Waals surface area contributed by atoms with Crippen molar-refractivity contribution < 1.29 is 14.7 Å². The van der Waals surface area contributed by atoms with E-state index in [9.17, 15) is 14.7 Å². The monoisotopic (exact) mass is 254 g/mol. The van der Waals surface area contributed by atoms with Gasteiger partial charge in [-0.05, 0) is 19.3 Å². The first-order chi connectivity index (χ1) is 8.33. The number of hydrogen-bond acceptors (Lipinski definition) is 2. The maximum Gasteiger partial charge on any atom is 0.317 e. The van der Waals surface area contributed by atoms with E-state index in [2.05, 4.69) is 11.9 Å². The molecular formula is C13H22N2O3. The number of nitrogens with zero attached hydrogens (tertiary/aromatic N) is 1. The molecule has 1 saturated heterocycles. The molecule has 0 spiro atoms. The first-order valence-electron chi connectivity index (χ1n) is 6.25. The van der Waals surface area contributed by atoms with Gasteiger partial charge in [-0.2, -0.15) is 0 Å². The largest absolute Gasteiger partial charge is 0.481 e. The normalized spacial score (nSPS) is 25.0. The molecule has 18 heavy (non-hydrogen) atoms. The van der Waals surface area contributed by atoms with E-state index in [0.29, 0.717) is 13.0 Å². The number of urea groups is 1. The molecule has 0 bridgehead atoms. The summed E-state index contributed by atoms with van der Waals surface area (Å²) in [6.07, 6.45) is 2.15. The lowest BCUT2D eigenvalue weighted by Gasteiger charge is -2.28. The summed E-state index contributed by atoms with van der Waals surface area (Å²) in [5, 5.41) is 12.2. The number of carbonyl (C=O) groups is 2. The first kappa shape index (κ1) is 14.5. The highest BCUT2D eigenvalue weighted by Gasteiger charge is 2.48. The third-order valence-corrected chi connectivity index (χ3v) is 3.82. The zero-order valence-corrected chi connectivity index (χ0v) is 11.3. The molecule has 1 fully saturated rings. The minimum atomic E-state index is -0.815. The maximum absolute atomic E-state index is 11.9. The van der Waals surface area contributed by atoms with E-state index in [1.807, 2.05) is 20.8 Å². The lowest BCUT2D eigenvalue weighted by Crippen LogP contribution is -2.45. The van der Waals surface area contributed by atoms with Crippen LogP contribution in [0.15, 0.2) is 12.7 Å². The van der Waals surface area contributed by atoms with Crippen molar-refractivity contribution in [3.63, 3.8) is 0 Å². The average molecular weight is 254 g/mol. The van der Waals surface area contributed by atoms with Crippen LogP contribution in [-0.4, -0.2) is 41.1 Å². The Labute approximate surface area is 108 Å². The number of aliphatic carboxylic acids is 1. The topological polar surface area (TPSA) is 69.6 Å². The van der Waals surface area contributed by atoms with Gasteiger partial charge in [-0.3, -0.25) is 4.79 Å². The summed E-state index contributed by atoms with van der Waals surface area (Å²) in [6.45, 7) is 9.97. The molecule has 0 radical (unpaired) electrons. The number of rotatable bonds is 4. The number of likely N-dealkylation sites (tertiary alicyclic amines) is 1. The molecule has 2 atom stereocenters. The third-order valence-electron chi connectivity index (χ3n) is 3.82. The Morgan fingerprint density at radius 3 is 2.44 bits per heavy atom. The molecule has 1 aliphatic heterocycles. The van der Waals surface area contributed by atoms with E-state index in [1.165, 1.54) is 0 Å². The molecule has 1 aliphatic rings. The molecule has 0 aromatic rings. The second kappa shape index (κ2) is 5.42. The molecule has 0 saturated carbocycles. The zero-order valence-electron chi connectivity index (χ0n) is 11.3. The SMILES string of the molecule is C=CC(C)NC(=O)N1CCC(C(=O)O)(C(C)C)C1. The molecule has 5 heteroatoms. The van der Waals surface area contributed by atoms with Crippen molar-refractivity contribution in [2.75, 3.05) is 13.1 Å². The quantitative estimate of drug-likeness (QED) is 0.750. The standard InChI is InChI=1S/C13H22N2O3/c1-5-10(4)14-12(18)15-7-6-13(8-15,9(2)3)11(16)17/h5,9-10H,1,6-8H2,2-4H3,(H,14,18)(H,16,17). The lowest BCUT2D eigenvalue weighted by molar-refractivity contribution is -0.150. The van der Waals surface area contributed by atoms with Gasteiger partial charge in [0.1, 0.15) is 0 Å². The van der Waals surface area contributed by atoms with E-state index in [1.54, 1.807) is 11.0 Å². The van der Waals surface area contributed by atoms with Gasteiger partial charge < -0.3 is 15.3 Å². The van der Waals surface area contributed by atoms with Crippen molar-refractivity contribution in [1.82, 2.24) is 10.2 Å². The number of amides is 2. The van der Waals surface area contributed by atoms with Crippen molar-refractivity contribution in [2.45, 2.75) is 33.2 Å². The summed E-state index contributed by atoms with van der Waals surface area (Å²) in [5.74, 6) is -0.811. The van der Waals surface area contributed by atoms with E-state index >= 15 is 0 Å². The van der Waals surface area contributed by atoms with Gasteiger partial charge in [0.2, 0.25) is 0 Å². The highest BCUT2D eigenvalue weighted by molar-refractivity contribution is 5.80. The summed E-state index contributed by atoms with van der Waals surface area (Å²) in [4.78, 5) is 24.9. The van der Waals surface area contributed by atoms with Crippen LogP contribution in [0, 0.1) is 11.3 Å². The van der Waals surface area contributed by atoms with Crippen molar-refractivity contribution in [2.24, 2.45) is 11.3 Å². The van der Waals surface area contributed by atoms with Gasteiger partial charge >= 0.3 is 12.0 Å². The predicted octanol–water partition coefficient (Wildman–Crippen LogP) is 1.70. The minimum absolute atomic E-state index is 0.00428. The van der Waals surface area contributed by atoms with Gasteiger partial charge in [0, 0.05) is 19.1 Å². The highest BCUT2D eigenvalue weighted by atomic mass is 16.4. The Hall–Kier alpha value is -1.52. The van der Waals surface area contributed by atoms with Crippen LogP contribution in [0.25, 0.3) is 0 Å². The molecule has 2 amide bonds. The smallest absolute Gasteiger partial charge is 0.317 e. The van der Waals surface area contributed by atoms with Crippen molar-refractivity contribution in [3.8, 4) is 0 Å². The van der Waals surface area contributed by atoms with Crippen molar-refractivity contribution in [3.05, 3.63) is 12.7 Å². The predicted molar refractivity (Wildman–Crippen MR) is 69.3 cm³/mol. The van der Waals surface area contributed by atoms with Gasteiger partial charge in [-0.1, -0.05) is 19.9 Å². The van der Waals surface area contributed by atoms with Gasteiger partial charge in [-0.15, -0.1) is 6.58 Å². The Morgan fingerprint density at radius 2 is 2.06 bits per heavy atom. The van der Waals surface area contributed by atoms with Gasteiger partial charge in [0.15, 0.2) is 0 Å². The van der Waals surface area contributed by atoms with E-state index < -0.39 is 11.4 Å². The molecule has 1 rings (SSSR count). The summed E-state index contributed by atoms with van der Waals surface area (Å²) < 4.78 is 0. The summed E-state index contributed by atoms with van der Waals surface area (Å²) in [6, 6.07) is -0.331. The third kappa shape index (κ3) is 2.66.